The van der Waals surface area contributed by atoms with Crippen LogP contribution < -0.4 is 10.6 Å². The molecule has 0 saturated carbocycles. The van der Waals surface area contributed by atoms with Gasteiger partial charge in [0.05, 0.1) is 11.3 Å². The summed E-state index contributed by atoms with van der Waals surface area (Å²) in [7, 11) is 0. The number of anilines is 1. The molecule has 1 saturated heterocycles. The number of piperidine rings is 1. The molecule has 4 heteroatoms. The molecule has 4 nitrogen and oxygen atoms in total. The average Bonchev–Trinajstić information content (AvgIpc) is 2.30. The highest BCUT2D eigenvalue weighted by molar-refractivity contribution is 5.94. The van der Waals surface area contributed by atoms with Gasteiger partial charge in [0.25, 0.3) is 0 Å². The van der Waals surface area contributed by atoms with E-state index in [4.69, 9.17) is 10.8 Å². The first-order chi connectivity index (χ1) is 7.68. The van der Waals surface area contributed by atoms with E-state index in [1.54, 1.807) is 12.1 Å². The molecule has 1 aliphatic heterocycles. The summed E-state index contributed by atoms with van der Waals surface area (Å²) in [4.78, 5) is 13.2. The van der Waals surface area contributed by atoms with E-state index >= 15 is 0 Å². The van der Waals surface area contributed by atoms with E-state index in [1.807, 2.05) is 12.1 Å². The first-order valence-electron chi connectivity index (χ1n) is 5.51. The van der Waals surface area contributed by atoms with Crippen molar-refractivity contribution in [1.82, 2.24) is 0 Å². The fraction of sp³-hybridized carbons (Fsp3) is 0.417. The predicted octanol–water partition coefficient (Wildman–Crippen LogP) is 1.31. The van der Waals surface area contributed by atoms with Crippen molar-refractivity contribution < 1.29 is 9.90 Å². The Kier molecular flexibility index (Phi) is 3.10. The maximum Gasteiger partial charge on any atom is 0.337 e. The molecular weight excluding hydrogens is 204 g/mol. The van der Waals surface area contributed by atoms with Crippen molar-refractivity contribution in [1.29, 1.82) is 0 Å². The van der Waals surface area contributed by atoms with E-state index in [0.717, 1.165) is 31.6 Å². The van der Waals surface area contributed by atoms with Gasteiger partial charge in [-0.1, -0.05) is 12.1 Å². The Labute approximate surface area is 94.7 Å². The van der Waals surface area contributed by atoms with Crippen molar-refractivity contribution in [2.75, 3.05) is 18.0 Å². The van der Waals surface area contributed by atoms with Gasteiger partial charge in [0.15, 0.2) is 0 Å². The molecule has 1 fully saturated rings. The van der Waals surface area contributed by atoms with Gasteiger partial charge in [-0.3, -0.25) is 0 Å². The first-order valence-corrected chi connectivity index (χ1v) is 5.51. The van der Waals surface area contributed by atoms with Crippen LogP contribution >= 0.6 is 0 Å². The molecule has 0 spiro atoms. The zero-order chi connectivity index (χ0) is 11.5. The standard InChI is InChI=1S/C12H16N2O2/c13-9-5-7-14(8-6-9)11-4-2-1-3-10(11)12(15)16/h1-4,9H,5-8,13H2,(H,15,16). The van der Waals surface area contributed by atoms with Crippen LogP contribution in [0.4, 0.5) is 5.69 Å². The number of hydrogen-bond acceptors (Lipinski definition) is 3. The van der Waals surface area contributed by atoms with E-state index in [0.29, 0.717) is 5.56 Å². The highest BCUT2D eigenvalue weighted by Crippen LogP contribution is 2.23. The van der Waals surface area contributed by atoms with Gasteiger partial charge in [0, 0.05) is 19.1 Å². The number of nitrogens with zero attached hydrogens (tertiary/aromatic N) is 1. The van der Waals surface area contributed by atoms with Crippen LogP contribution in [0, 0.1) is 0 Å². The third kappa shape index (κ3) is 2.17. The van der Waals surface area contributed by atoms with Crippen molar-refractivity contribution in [2.45, 2.75) is 18.9 Å². The summed E-state index contributed by atoms with van der Waals surface area (Å²) < 4.78 is 0. The topological polar surface area (TPSA) is 66.6 Å². The molecule has 86 valence electrons. The maximum atomic E-state index is 11.1. The van der Waals surface area contributed by atoms with Gasteiger partial charge in [-0.15, -0.1) is 0 Å². The van der Waals surface area contributed by atoms with E-state index in [1.165, 1.54) is 0 Å². The largest absolute Gasteiger partial charge is 0.478 e. The second-order valence-electron chi connectivity index (χ2n) is 4.15. The molecule has 1 heterocycles. The van der Waals surface area contributed by atoms with Gasteiger partial charge >= 0.3 is 5.97 Å². The van der Waals surface area contributed by atoms with Gasteiger partial charge in [-0.25, -0.2) is 4.79 Å². The second-order valence-corrected chi connectivity index (χ2v) is 4.15. The number of carboxylic acid groups (broad SMARTS) is 1. The number of carbonyl (C=O) groups is 1. The normalized spacial score (nSPS) is 17.4. The Balaban J connectivity index is 2.23. The summed E-state index contributed by atoms with van der Waals surface area (Å²) in [5, 5.41) is 9.10. The number of hydrogen-bond donors (Lipinski definition) is 2. The SMILES string of the molecule is NC1CCN(c2ccccc2C(=O)O)CC1. The number of rotatable bonds is 2. The Morgan fingerprint density at radius 1 is 1.31 bits per heavy atom. The molecule has 0 aliphatic carbocycles. The van der Waals surface area contributed by atoms with Crippen molar-refractivity contribution in [3.8, 4) is 0 Å². The number of para-hydroxylation sites is 1. The molecule has 1 aliphatic rings. The third-order valence-corrected chi connectivity index (χ3v) is 3.01. The predicted molar refractivity (Wildman–Crippen MR) is 62.8 cm³/mol. The summed E-state index contributed by atoms with van der Waals surface area (Å²) in [6, 6.07) is 7.39. The Morgan fingerprint density at radius 3 is 2.56 bits per heavy atom. The average molecular weight is 220 g/mol. The molecule has 0 bridgehead atoms. The Morgan fingerprint density at radius 2 is 1.94 bits per heavy atom. The fourth-order valence-electron chi connectivity index (χ4n) is 2.07. The van der Waals surface area contributed by atoms with Crippen molar-refractivity contribution in [3.63, 3.8) is 0 Å². The van der Waals surface area contributed by atoms with E-state index < -0.39 is 5.97 Å². The number of aromatic carboxylic acids is 1. The molecule has 3 N–H and O–H groups in total. The van der Waals surface area contributed by atoms with Crippen LogP contribution in [0.15, 0.2) is 24.3 Å². The third-order valence-electron chi connectivity index (χ3n) is 3.01. The van der Waals surface area contributed by atoms with E-state index in [9.17, 15) is 4.79 Å². The lowest BCUT2D eigenvalue weighted by atomic mass is 10.0. The lowest BCUT2D eigenvalue weighted by Gasteiger charge is -2.32. The molecule has 1 aromatic rings. The zero-order valence-corrected chi connectivity index (χ0v) is 9.10. The van der Waals surface area contributed by atoms with Crippen LogP contribution in [-0.4, -0.2) is 30.2 Å². The summed E-state index contributed by atoms with van der Waals surface area (Å²) in [6.07, 6.45) is 1.85. The van der Waals surface area contributed by atoms with Crippen LogP contribution in [0.1, 0.15) is 23.2 Å². The first kappa shape index (κ1) is 11.0. The van der Waals surface area contributed by atoms with Gasteiger partial charge in [-0.2, -0.15) is 0 Å². The molecule has 16 heavy (non-hydrogen) atoms. The zero-order valence-electron chi connectivity index (χ0n) is 9.10. The minimum absolute atomic E-state index is 0.258. The second kappa shape index (κ2) is 4.53. The molecule has 1 aromatic carbocycles. The highest BCUT2D eigenvalue weighted by atomic mass is 16.4. The number of benzene rings is 1. The quantitative estimate of drug-likeness (QED) is 0.788. The summed E-state index contributed by atoms with van der Waals surface area (Å²) in [5.74, 6) is -0.870. The van der Waals surface area contributed by atoms with E-state index in [2.05, 4.69) is 4.90 Å². The van der Waals surface area contributed by atoms with Crippen LogP contribution in [0.2, 0.25) is 0 Å². The minimum Gasteiger partial charge on any atom is -0.478 e. The van der Waals surface area contributed by atoms with Crippen LogP contribution in [0.3, 0.4) is 0 Å². The highest BCUT2D eigenvalue weighted by Gasteiger charge is 2.20. The Bertz CT molecular complexity index is 384. The lowest BCUT2D eigenvalue weighted by molar-refractivity contribution is 0.0697. The van der Waals surface area contributed by atoms with Gasteiger partial charge in [0.1, 0.15) is 0 Å². The lowest BCUT2D eigenvalue weighted by Crippen LogP contribution is -2.40. The maximum absolute atomic E-state index is 11.1. The smallest absolute Gasteiger partial charge is 0.337 e. The number of carboxylic acids is 1. The molecule has 2 rings (SSSR count). The molecule has 0 unspecified atom stereocenters. The van der Waals surface area contributed by atoms with Gasteiger partial charge < -0.3 is 15.7 Å². The van der Waals surface area contributed by atoms with Gasteiger partial charge in [-0.05, 0) is 25.0 Å². The van der Waals surface area contributed by atoms with E-state index in [-0.39, 0.29) is 6.04 Å². The van der Waals surface area contributed by atoms with Crippen molar-refractivity contribution in [3.05, 3.63) is 29.8 Å². The molecule has 0 atom stereocenters. The monoisotopic (exact) mass is 220 g/mol. The van der Waals surface area contributed by atoms with Crippen LogP contribution in [0.25, 0.3) is 0 Å². The van der Waals surface area contributed by atoms with Crippen molar-refractivity contribution in [2.24, 2.45) is 5.73 Å². The minimum atomic E-state index is -0.870. The van der Waals surface area contributed by atoms with Crippen LogP contribution in [-0.2, 0) is 0 Å². The summed E-state index contributed by atoms with van der Waals surface area (Å²) in [6.45, 7) is 1.68. The molecule has 0 radical (unpaired) electrons. The van der Waals surface area contributed by atoms with Crippen LogP contribution in [0.5, 0.6) is 0 Å². The fourth-order valence-corrected chi connectivity index (χ4v) is 2.07. The summed E-state index contributed by atoms with van der Waals surface area (Å²) in [5.41, 5.74) is 7.01. The molecule has 0 aromatic heterocycles. The molecule has 0 amide bonds. The Hall–Kier alpha value is -1.55. The van der Waals surface area contributed by atoms with Crippen molar-refractivity contribution >= 4 is 11.7 Å². The van der Waals surface area contributed by atoms with Gasteiger partial charge in [0.2, 0.25) is 0 Å². The number of nitrogens with two attached hydrogens (primary N) is 1. The summed E-state index contributed by atoms with van der Waals surface area (Å²) >= 11 is 0. The molecular formula is C12H16N2O2.